The predicted octanol–water partition coefficient (Wildman–Crippen LogP) is 5.31. The zero-order valence-corrected chi connectivity index (χ0v) is 17.6. The molecule has 0 radical (unpaired) electrons. The van der Waals surface area contributed by atoms with Crippen LogP contribution in [0.4, 0.5) is 0 Å². The Kier molecular flexibility index (Phi) is 5.49. The molecule has 1 fully saturated rings. The summed E-state index contributed by atoms with van der Waals surface area (Å²) < 4.78 is 0. The third kappa shape index (κ3) is 4.10. The Hall–Kier alpha value is -2.92. The fraction of sp³-hybridized carbons (Fsp3) is 0.208. The van der Waals surface area contributed by atoms with Crippen molar-refractivity contribution in [1.82, 2.24) is 4.90 Å². The van der Waals surface area contributed by atoms with Crippen LogP contribution >= 0.6 is 11.8 Å². The van der Waals surface area contributed by atoms with Gasteiger partial charge in [-0.05, 0) is 48.2 Å². The normalized spacial score (nSPS) is 18.4. The maximum atomic E-state index is 12.8. The number of hydrogen-bond acceptors (Lipinski definition) is 4. The van der Waals surface area contributed by atoms with Gasteiger partial charge < -0.3 is 0 Å². The number of fused-ring (bicyclic) bond motifs is 1. The standard InChI is InChI=1S/C24H23N3OS/c1-16-11-12-20(17(2)13-16)14-25-26-24-27(23(28)18(3)29-24)15-21-9-6-8-19-7-4-5-10-22(19)21/h4-14,18H,15H2,1-3H3/b25-14-,26-24+/t18-/m0/s1. The molecule has 146 valence electrons. The molecule has 4 rings (SSSR count). The quantitative estimate of drug-likeness (QED) is 0.439. The summed E-state index contributed by atoms with van der Waals surface area (Å²) in [5.74, 6) is 0.0726. The van der Waals surface area contributed by atoms with Crippen molar-refractivity contribution in [3.63, 3.8) is 0 Å². The largest absolute Gasteiger partial charge is 0.284 e. The Morgan fingerprint density at radius 1 is 1.07 bits per heavy atom. The number of amidine groups is 1. The average Bonchev–Trinajstić information content (AvgIpc) is 2.97. The smallest absolute Gasteiger partial charge is 0.242 e. The maximum Gasteiger partial charge on any atom is 0.242 e. The Bertz CT molecular complexity index is 1130. The van der Waals surface area contributed by atoms with Crippen molar-refractivity contribution in [2.75, 3.05) is 0 Å². The van der Waals surface area contributed by atoms with Crippen molar-refractivity contribution >= 4 is 39.8 Å². The number of thioether (sulfide) groups is 1. The summed E-state index contributed by atoms with van der Waals surface area (Å²) in [7, 11) is 0. The van der Waals surface area contributed by atoms with Crippen LogP contribution in [0.25, 0.3) is 10.8 Å². The molecule has 0 unspecified atom stereocenters. The molecular weight excluding hydrogens is 378 g/mol. The molecule has 1 aliphatic rings. The minimum Gasteiger partial charge on any atom is -0.284 e. The number of hydrogen-bond donors (Lipinski definition) is 0. The van der Waals surface area contributed by atoms with E-state index in [0.717, 1.165) is 22.1 Å². The predicted molar refractivity (Wildman–Crippen MR) is 122 cm³/mol. The first-order valence-electron chi connectivity index (χ1n) is 9.66. The fourth-order valence-corrected chi connectivity index (χ4v) is 4.44. The van der Waals surface area contributed by atoms with Gasteiger partial charge in [-0.3, -0.25) is 9.69 Å². The molecule has 0 aliphatic carbocycles. The van der Waals surface area contributed by atoms with Gasteiger partial charge in [-0.1, -0.05) is 78.0 Å². The molecule has 3 aromatic carbocycles. The van der Waals surface area contributed by atoms with E-state index >= 15 is 0 Å². The van der Waals surface area contributed by atoms with E-state index in [1.807, 2.05) is 31.2 Å². The summed E-state index contributed by atoms with van der Waals surface area (Å²) in [5, 5.41) is 11.5. The number of nitrogens with zero attached hydrogens (tertiary/aromatic N) is 3. The number of carbonyl (C=O) groups is 1. The summed E-state index contributed by atoms with van der Waals surface area (Å²) in [6.45, 7) is 6.54. The second-order valence-electron chi connectivity index (χ2n) is 7.31. The third-order valence-corrected chi connectivity index (χ3v) is 6.17. The SMILES string of the molecule is Cc1ccc(/C=N\N=C2\S[C@@H](C)C(=O)N2Cc2cccc3ccccc23)c(C)c1. The zero-order valence-electron chi connectivity index (χ0n) is 16.8. The van der Waals surface area contributed by atoms with Gasteiger partial charge in [0.15, 0.2) is 5.17 Å². The molecule has 29 heavy (non-hydrogen) atoms. The Morgan fingerprint density at radius 2 is 1.86 bits per heavy atom. The van der Waals surface area contributed by atoms with Gasteiger partial charge >= 0.3 is 0 Å². The monoisotopic (exact) mass is 401 g/mol. The van der Waals surface area contributed by atoms with E-state index in [1.165, 1.54) is 22.7 Å². The van der Waals surface area contributed by atoms with Crippen LogP contribution in [0, 0.1) is 13.8 Å². The Morgan fingerprint density at radius 3 is 2.69 bits per heavy atom. The van der Waals surface area contributed by atoms with Crippen molar-refractivity contribution in [1.29, 1.82) is 0 Å². The molecule has 0 aromatic heterocycles. The van der Waals surface area contributed by atoms with Crippen LogP contribution in [-0.2, 0) is 11.3 Å². The maximum absolute atomic E-state index is 12.8. The van der Waals surface area contributed by atoms with E-state index in [4.69, 9.17) is 0 Å². The topological polar surface area (TPSA) is 45.0 Å². The number of aryl methyl sites for hydroxylation is 2. The van der Waals surface area contributed by atoms with Gasteiger partial charge in [-0.2, -0.15) is 5.10 Å². The lowest BCUT2D eigenvalue weighted by Gasteiger charge is -2.17. The summed E-state index contributed by atoms with van der Waals surface area (Å²) in [5.41, 5.74) is 4.52. The van der Waals surface area contributed by atoms with Crippen LogP contribution < -0.4 is 0 Å². The van der Waals surface area contributed by atoms with Crippen LogP contribution in [0.5, 0.6) is 0 Å². The van der Waals surface area contributed by atoms with E-state index in [-0.39, 0.29) is 11.2 Å². The van der Waals surface area contributed by atoms with Crippen LogP contribution in [0.3, 0.4) is 0 Å². The first kappa shape index (κ1) is 19.4. The van der Waals surface area contributed by atoms with Crippen molar-refractivity contribution < 1.29 is 4.79 Å². The van der Waals surface area contributed by atoms with Gasteiger partial charge in [0.25, 0.3) is 0 Å². The van der Waals surface area contributed by atoms with Crippen molar-refractivity contribution in [3.8, 4) is 0 Å². The van der Waals surface area contributed by atoms with E-state index < -0.39 is 0 Å². The highest BCUT2D eigenvalue weighted by Gasteiger charge is 2.35. The first-order chi connectivity index (χ1) is 14.0. The van der Waals surface area contributed by atoms with Crippen LogP contribution in [-0.4, -0.2) is 27.4 Å². The van der Waals surface area contributed by atoms with Gasteiger partial charge in [0.2, 0.25) is 5.91 Å². The van der Waals surface area contributed by atoms with Gasteiger partial charge in [0.05, 0.1) is 18.0 Å². The Labute approximate surface area is 175 Å². The molecule has 0 spiro atoms. The zero-order chi connectivity index (χ0) is 20.4. The van der Waals surface area contributed by atoms with E-state index in [2.05, 4.69) is 60.4 Å². The summed E-state index contributed by atoms with van der Waals surface area (Å²) in [4.78, 5) is 14.5. The van der Waals surface area contributed by atoms with Crippen molar-refractivity contribution in [3.05, 3.63) is 82.9 Å². The van der Waals surface area contributed by atoms with E-state index in [1.54, 1.807) is 11.1 Å². The van der Waals surface area contributed by atoms with Crippen molar-refractivity contribution in [2.24, 2.45) is 10.2 Å². The van der Waals surface area contributed by atoms with E-state index in [0.29, 0.717) is 11.7 Å². The molecule has 1 amide bonds. The van der Waals surface area contributed by atoms with Gasteiger partial charge in [-0.15, -0.1) is 5.10 Å². The van der Waals surface area contributed by atoms with Gasteiger partial charge in [-0.25, -0.2) is 0 Å². The number of rotatable bonds is 4. The van der Waals surface area contributed by atoms with Crippen LogP contribution in [0.1, 0.15) is 29.2 Å². The summed E-state index contributed by atoms with van der Waals surface area (Å²) in [6, 6.07) is 20.6. The van der Waals surface area contributed by atoms with Crippen LogP contribution in [0.15, 0.2) is 70.9 Å². The fourth-order valence-electron chi connectivity index (χ4n) is 3.52. The summed E-state index contributed by atoms with van der Waals surface area (Å²) >= 11 is 1.46. The molecule has 1 atom stereocenters. The van der Waals surface area contributed by atoms with E-state index in [9.17, 15) is 4.79 Å². The lowest BCUT2D eigenvalue weighted by Crippen LogP contribution is -2.30. The first-order valence-corrected chi connectivity index (χ1v) is 10.5. The van der Waals surface area contributed by atoms with Crippen molar-refractivity contribution in [2.45, 2.75) is 32.6 Å². The average molecular weight is 402 g/mol. The Balaban J connectivity index is 1.61. The third-order valence-electron chi connectivity index (χ3n) is 5.10. The molecular formula is C24H23N3OS. The second kappa shape index (κ2) is 8.21. The minimum atomic E-state index is -0.153. The highest BCUT2D eigenvalue weighted by molar-refractivity contribution is 8.15. The highest BCUT2D eigenvalue weighted by atomic mass is 32.2. The lowest BCUT2D eigenvalue weighted by molar-refractivity contribution is -0.126. The minimum absolute atomic E-state index is 0.0726. The lowest BCUT2D eigenvalue weighted by atomic mass is 10.0. The molecule has 1 heterocycles. The molecule has 5 heteroatoms. The molecule has 0 bridgehead atoms. The molecule has 4 nitrogen and oxygen atoms in total. The molecule has 1 saturated heterocycles. The second-order valence-corrected chi connectivity index (χ2v) is 8.62. The number of benzene rings is 3. The number of carbonyl (C=O) groups excluding carboxylic acids is 1. The molecule has 0 saturated carbocycles. The summed E-state index contributed by atoms with van der Waals surface area (Å²) in [6.07, 6.45) is 1.76. The number of amides is 1. The van der Waals surface area contributed by atoms with Crippen LogP contribution in [0.2, 0.25) is 0 Å². The molecule has 3 aromatic rings. The van der Waals surface area contributed by atoms with Gasteiger partial charge in [0, 0.05) is 0 Å². The molecule has 0 N–H and O–H groups in total. The molecule has 1 aliphatic heterocycles. The van der Waals surface area contributed by atoms with Gasteiger partial charge in [0.1, 0.15) is 0 Å². The highest BCUT2D eigenvalue weighted by Crippen LogP contribution is 2.30.